The van der Waals surface area contributed by atoms with E-state index in [2.05, 4.69) is 20.4 Å². The fourth-order valence-electron chi connectivity index (χ4n) is 3.04. The summed E-state index contributed by atoms with van der Waals surface area (Å²) in [6.45, 7) is 1.87. The van der Waals surface area contributed by atoms with Crippen LogP contribution in [-0.2, 0) is 0 Å². The van der Waals surface area contributed by atoms with E-state index in [4.69, 9.17) is 9.47 Å². The molecule has 4 aromatic rings. The van der Waals surface area contributed by atoms with Crippen LogP contribution in [-0.4, -0.2) is 39.4 Å². The minimum Gasteiger partial charge on any atom is -0.493 e. The van der Waals surface area contributed by atoms with Crippen molar-refractivity contribution in [3.8, 4) is 28.6 Å². The van der Waals surface area contributed by atoms with Crippen molar-refractivity contribution in [2.75, 3.05) is 14.2 Å². The van der Waals surface area contributed by atoms with E-state index < -0.39 is 0 Å². The first kappa shape index (κ1) is 16.8. The summed E-state index contributed by atoms with van der Waals surface area (Å²) in [6.07, 6.45) is 0. The van der Waals surface area contributed by atoms with Crippen LogP contribution in [0.4, 0.5) is 0 Å². The lowest BCUT2D eigenvalue weighted by atomic mass is 10.1. The normalized spacial score (nSPS) is 10.9. The summed E-state index contributed by atoms with van der Waals surface area (Å²) < 4.78 is 10.6. The maximum atomic E-state index is 12.6. The summed E-state index contributed by atoms with van der Waals surface area (Å²) in [5, 5.41) is 13.5. The van der Waals surface area contributed by atoms with E-state index in [-0.39, 0.29) is 5.56 Å². The highest BCUT2D eigenvalue weighted by Gasteiger charge is 2.16. The quantitative estimate of drug-likeness (QED) is 0.599. The van der Waals surface area contributed by atoms with Gasteiger partial charge < -0.3 is 14.5 Å². The van der Waals surface area contributed by atoms with Crippen molar-refractivity contribution < 1.29 is 9.47 Å². The van der Waals surface area contributed by atoms with E-state index in [0.717, 1.165) is 16.5 Å². The summed E-state index contributed by atoms with van der Waals surface area (Å²) in [6, 6.07) is 12.9. The molecular formula is C19H17N5O3. The van der Waals surface area contributed by atoms with Gasteiger partial charge in [-0.05, 0) is 42.0 Å². The summed E-state index contributed by atoms with van der Waals surface area (Å²) in [4.78, 5) is 16.7. The van der Waals surface area contributed by atoms with Gasteiger partial charge in [0, 0.05) is 16.5 Å². The van der Waals surface area contributed by atoms with E-state index >= 15 is 0 Å². The monoisotopic (exact) mass is 363 g/mol. The second kappa shape index (κ2) is 6.56. The molecule has 0 saturated carbocycles. The second-order valence-electron chi connectivity index (χ2n) is 5.95. The number of nitrogens with zero attached hydrogens (tertiary/aromatic N) is 4. The number of methoxy groups -OCH3 is 2. The number of ether oxygens (including phenoxy) is 2. The largest absolute Gasteiger partial charge is 0.493 e. The number of hydrogen-bond acceptors (Lipinski definition) is 6. The lowest BCUT2D eigenvalue weighted by Crippen LogP contribution is -2.18. The van der Waals surface area contributed by atoms with Crippen LogP contribution in [0.15, 0.2) is 47.3 Å². The van der Waals surface area contributed by atoms with E-state index in [9.17, 15) is 4.79 Å². The topological polar surface area (TPSA) is 94.9 Å². The molecule has 2 aromatic carbocycles. The van der Waals surface area contributed by atoms with Crippen molar-refractivity contribution in [3.05, 3.63) is 58.4 Å². The first-order valence-electron chi connectivity index (χ1n) is 8.27. The Bertz CT molecular complexity index is 1200. The highest BCUT2D eigenvalue weighted by atomic mass is 16.5. The SMILES string of the molecule is COc1ccc(-c2nnn(-c3c(C)c4ccccc4[nH]c3=O)n2)cc1OC. The van der Waals surface area contributed by atoms with Gasteiger partial charge in [-0.25, -0.2) is 0 Å². The summed E-state index contributed by atoms with van der Waals surface area (Å²) in [5.41, 5.74) is 2.32. The predicted octanol–water partition coefficient (Wildman–Crippen LogP) is 2.50. The molecule has 0 saturated heterocycles. The molecule has 0 spiro atoms. The van der Waals surface area contributed by atoms with Crippen LogP contribution in [0.25, 0.3) is 28.0 Å². The molecule has 0 aliphatic carbocycles. The third-order valence-electron chi connectivity index (χ3n) is 4.40. The van der Waals surface area contributed by atoms with Gasteiger partial charge in [-0.2, -0.15) is 0 Å². The van der Waals surface area contributed by atoms with Gasteiger partial charge in [-0.1, -0.05) is 18.2 Å². The molecule has 8 heteroatoms. The van der Waals surface area contributed by atoms with Crippen LogP contribution in [0.5, 0.6) is 11.5 Å². The fourth-order valence-corrected chi connectivity index (χ4v) is 3.04. The highest BCUT2D eigenvalue weighted by molar-refractivity contribution is 5.84. The third kappa shape index (κ3) is 2.80. The molecule has 4 rings (SSSR count). The second-order valence-corrected chi connectivity index (χ2v) is 5.95. The Balaban J connectivity index is 1.82. The molecule has 8 nitrogen and oxygen atoms in total. The molecule has 2 heterocycles. The molecule has 0 atom stereocenters. The number of benzene rings is 2. The number of nitrogens with one attached hydrogen (secondary N) is 1. The molecule has 136 valence electrons. The number of fused-ring (bicyclic) bond motifs is 1. The van der Waals surface area contributed by atoms with E-state index in [0.29, 0.717) is 28.6 Å². The molecule has 0 aliphatic rings. The zero-order valence-electron chi connectivity index (χ0n) is 15.1. The van der Waals surface area contributed by atoms with Gasteiger partial charge >= 0.3 is 0 Å². The van der Waals surface area contributed by atoms with Crippen LogP contribution in [0.1, 0.15) is 5.56 Å². The van der Waals surface area contributed by atoms with Gasteiger partial charge in [0.2, 0.25) is 5.82 Å². The number of aromatic amines is 1. The number of tetrazole rings is 1. The van der Waals surface area contributed by atoms with Crippen molar-refractivity contribution in [3.63, 3.8) is 0 Å². The maximum absolute atomic E-state index is 12.6. The number of rotatable bonds is 4. The standard InChI is InChI=1S/C19H17N5O3/c1-11-13-6-4-5-7-14(13)20-19(25)17(11)24-22-18(21-23-24)12-8-9-15(26-2)16(10-12)27-3/h4-10H,1-3H3,(H,20,25). The Morgan fingerprint density at radius 2 is 1.81 bits per heavy atom. The molecule has 0 unspecified atom stereocenters. The van der Waals surface area contributed by atoms with Crippen molar-refractivity contribution in [1.29, 1.82) is 0 Å². The zero-order valence-corrected chi connectivity index (χ0v) is 15.1. The first-order chi connectivity index (χ1) is 13.1. The number of aryl methyl sites for hydroxylation is 1. The highest BCUT2D eigenvalue weighted by Crippen LogP contribution is 2.31. The fraction of sp³-hybridized carbons (Fsp3) is 0.158. The lowest BCUT2D eigenvalue weighted by molar-refractivity contribution is 0.355. The molecular weight excluding hydrogens is 346 g/mol. The molecule has 0 fully saturated rings. The first-order valence-corrected chi connectivity index (χ1v) is 8.27. The Kier molecular flexibility index (Phi) is 4.08. The Labute approximate surface area is 154 Å². The van der Waals surface area contributed by atoms with Crippen molar-refractivity contribution in [1.82, 2.24) is 25.2 Å². The minimum atomic E-state index is -0.275. The van der Waals surface area contributed by atoms with Crippen LogP contribution in [0.2, 0.25) is 0 Å². The van der Waals surface area contributed by atoms with Crippen LogP contribution in [0.3, 0.4) is 0 Å². The van der Waals surface area contributed by atoms with E-state index in [1.165, 1.54) is 4.80 Å². The molecule has 1 N–H and O–H groups in total. The van der Waals surface area contributed by atoms with Crippen LogP contribution >= 0.6 is 0 Å². The number of para-hydroxylation sites is 1. The number of H-pyrrole nitrogens is 1. The van der Waals surface area contributed by atoms with Gasteiger partial charge in [-0.3, -0.25) is 4.79 Å². The molecule has 0 bridgehead atoms. The molecule has 0 radical (unpaired) electrons. The van der Waals surface area contributed by atoms with Gasteiger partial charge in [-0.15, -0.1) is 15.0 Å². The zero-order chi connectivity index (χ0) is 19.0. The maximum Gasteiger partial charge on any atom is 0.276 e. The predicted molar refractivity (Wildman–Crippen MR) is 101 cm³/mol. The van der Waals surface area contributed by atoms with Crippen molar-refractivity contribution in [2.24, 2.45) is 0 Å². The lowest BCUT2D eigenvalue weighted by Gasteiger charge is -2.08. The molecule has 0 aliphatic heterocycles. The molecule has 0 amide bonds. The van der Waals surface area contributed by atoms with Crippen LogP contribution in [0, 0.1) is 6.92 Å². The minimum absolute atomic E-state index is 0.275. The van der Waals surface area contributed by atoms with Crippen molar-refractivity contribution in [2.45, 2.75) is 6.92 Å². The average Bonchev–Trinajstić information content (AvgIpc) is 3.17. The molecule has 27 heavy (non-hydrogen) atoms. The summed E-state index contributed by atoms with van der Waals surface area (Å²) in [5.74, 6) is 1.55. The Hall–Kier alpha value is -3.68. The Morgan fingerprint density at radius 3 is 2.59 bits per heavy atom. The number of hydrogen-bond donors (Lipinski definition) is 1. The number of aromatic nitrogens is 5. The van der Waals surface area contributed by atoms with Crippen molar-refractivity contribution >= 4 is 10.9 Å². The van der Waals surface area contributed by atoms with Gasteiger partial charge in [0.15, 0.2) is 17.2 Å². The van der Waals surface area contributed by atoms with Crippen LogP contribution < -0.4 is 15.0 Å². The third-order valence-corrected chi connectivity index (χ3v) is 4.40. The van der Waals surface area contributed by atoms with Gasteiger partial charge in [0.1, 0.15) is 0 Å². The van der Waals surface area contributed by atoms with E-state index in [1.54, 1.807) is 32.4 Å². The summed E-state index contributed by atoms with van der Waals surface area (Å²) in [7, 11) is 3.13. The number of pyridine rings is 1. The Morgan fingerprint density at radius 1 is 1.04 bits per heavy atom. The smallest absolute Gasteiger partial charge is 0.276 e. The molecule has 2 aromatic heterocycles. The average molecular weight is 363 g/mol. The van der Waals surface area contributed by atoms with Gasteiger partial charge in [0.05, 0.1) is 14.2 Å². The summed E-state index contributed by atoms with van der Waals surface area (Å²) >= 11 is 0. The van der Waals surface area contributed by atoms with E-state index in [1.807, 2.05) is 31.2 Å². The van der Waals surface area contributed by atoms with Gasteiger partial charge in [0.25, 0.3) is 5.56 Å².